The van der Waals surface area contributed by atoms with E-state index in [9.17, 15) is 0 Å². The standard InChI is InChI=1S/C13H10N2/c1-9-4-2-5-10-8-15-11-6-3-7-14-13(11)12(9)10/h2-8H,1H3. The number of aromatic nitrogens is 2. The Hall–Kier alpha value is -1.96. The van der Waals surface area contributed by atoms with E-state index >= 15 is 0 Å². The number of fused-ring (bicyclic) bond motifs is 3. The molecule has 0 atom stereocenters. The second kappa shape index (κ2) is 3.02. The molecular weight excluding hydrogens is 184 g/mol. The minimum atomic E-state index is 0.958. The number of rotatable bonds is 0. The van der Waals surface area contributed by atoms with Gasteiger partial charge in [-0.3, -0.25) is 9.97 Å². The maximum atomic E-state index is 4.41. The van der Waals surface area contributed by atoms with Crippen LogP contribution in [-0.2, 0) is 0 Å². The predicted molar refractivity (Wildman–Crippen MR) is 61.8 cm³/mol. The molecule has 0 fully saturated rings. The van der Waals surface area contributed by atoms with Gasteiger partial charge in [0.05, 0.1) is 11.0 Å². The summed E-state index contributed by atoms with van der Waals surface area (Å²) >= 11 is 0. The van der Waals surface area contributed by atoms with Crippen LogP contribution in [0, 0.1) is 6.92 Å². The molecule has 0 aliphatic carbocycles. The zero-order valence-electron chi connectivity index (χ0n) is 8.44. The average Bonchev–Trinajstić information content (AvgIpc) is 2.29. The monoisotopic (exact) mass is 194 g/mol. The second-order valence-corrected chi connectivity index (χ2v) is 3.67. The van der Waals surface area contributed by atoms with Gasteiger partial charge in [0.15, 0.2) is 0 Å². The lowest BCUT2D eigenvalue weighted by molar-refractivity contribution is 1.35. The van der Waals surface area contributed by atoms with Crippen molar-refractivity contribution in [1.82, 2.24) is 9.97 Å². The Kier molecular flexibility index (Phi) is 1.68. The minimum Gasteiger partial charge on any atom is -0.254 e. The molecule has 0 saturated heterocycles. The normalized spacial score (nSPS) is 11.0. The van der Waals surface area contributed by atoms with E-state index in [1.165, 1.54) is 10.9 Å². The summed E-state index contributed by atoms with van der Waals surface area (Å²) < 4.78 is 0. The van der Waals surface area contributed by atoms with Crippen LogP contribution in [-0.4, -0.2) is 9.97 Å². The summed E-state index contributed by atoms with van der Waals surface area (Å²) in [7, 11) is 0. The molecule has 3 aromatic rings. The first-order valence-corrected chi connectivity index (χ1v) is 4.95. The zero-order chi connectivity index (χ0) is 10.3. The molecule has 1 aromatic carbocycles. The number of hydrogen-bond donors (Lipinski definition) is 0. The van der Waals surface area contributed by atoms with Crippen molar-refractivity contribution in [2.45, 2.75) is 6.92 Å². The first-order chi connectivity index (χ1) is 7.36. The number of nitrogens with zero attached hydrogens (tertiary/aromatic N) is 2. The number of benzene rings is 1. The van der Waals surface area contributed by atoms with Gasteiger partial charge in [0.2, 0.25) is 0 Å². The van der Waals surface area contributed by atoms with Gasteiger partial charge in [-0.1, -0.05) is 18.2 Å². The molecular formula is C13H10N2. The molecule has 0 aliphatic heterocycles. The molecule has 2 heteroatoms. The molecule has 0 saturated carbocycles. The van der Waals surface area contributed by atoms with Crippen LogP contribution in [0.25, 0.3) is 21.8 Å². The van der Waals surface area contributed by atoms with Crippen molar-refractivity contribution < 1.29 is 0 Å². The summed E-state index contributed by atoms with van der Waals surface area (Å²) in [5.74, 6) is 0. The molecule has 0 amide bonds. The van der Waals surface area contributed by atoms with Crippen LogP contribution in [0.2, 0.25) is 0 Å². The van der Waals surface area contributed by atoms with Crippen molar-refractivity contribution in [1.29, 1.82) is 0 Å². The molecule has 2 nitrogen and oxygen atoms in total. The quantitative estimate of drug-likeness (QED) is 0.514. The largest absolute Gasteiger partial charge is 0.254 e. The van der Waals surface area contributed by atoms with E-state index in [0.29, 0.717) is 0 Å². The molecule has 15 heavy (non-hydrogen) atoms. The Bertz CT molecular complexity index is 644. The van der Waals surface area contributed by atoms with E-state index in [1.807, 2.05) is 30.6 Å². The van der Waals surface area contributed by atoms with Gasteiger partial charge < -0.3 is 0 Å². The number of hydrogen-bond acceptors (Lipinski definition) is 2. The van der Waals surface area contributed by atoms with Crippen LogP contribution >= 0.6 is 0 Å². The van der Waals surface area contributed by atoms with Gasteiger partial charge in [0.25, 0.3) is 0 Å². The van der Waals surface area contributed by atoms with Gasteiger partial charge in [-0.05, 0) is 24.6 Å². The van der Waals surface area contributed by atoms with Gasteiger partial charge in [0.1, 0.15) is 0 Å². The highest BCUT2D eigenvalue weighted by atomic mass is 14.7. The Morgan fingerprint density at radius 3 is 2.87 bits per heavy atom. The summed E-state index contributed by atoms with van der Waals surface area (Å²) in [6, 6.07) is 10.1. The van der Waals surface area contributed by atoms with Crippen LogP contribution in [0.3, 0.4) is 0 Å². The molecule has 2 aromatic heterocycles. The zero-order valence-corrected chi connectivity index (χ0v) is 8.44. The minimum absolute atomic E-state index is 0.958. The first-order valence-electron chi connectivity index (χ1n) is 4.95. The lowest BCUT2D eigenvalue weighted by Gasteiger charge is -2.04. The molecule has 72 valence electrons. The number of aryl methyl sites for hydroxylation is 1. The lowest BCUT2D eigenvalue weighted by atomic mass is 10.1. The molecule has 0 spiro atoms. The van der Waals surface area contributed by atoms with Crippen molar-refractivity contribution in [2.24, 2.45) is 0 Å². The highest BCUT2D eigenvalue weighted by molar-refractivity contribution is 6.04. The third kappa shape index (κ3) is 1.18. The van der Waals surface area contributed by atoms with Crippen LogP contribution < -0.4 is 0 Å². The Morgan fingerprint density at radius 2 is 1.93 bits per heavy atom. The topological polar surface area (TPSA) is 25.8 Å². The summed E-state index contributed by atoms with van der Waals surface area (Å²) in [5, 5.41) is 2.37. The summed E-state index contributed by atoms with van der Waals surface area (Å²) in [6.45, 7) is 2.11. The van der Waals surface area contributed by atoms with Crippen molar-refractivity contribution in [2.75, 3.05) is 0 Å². The van der Waals surface area contributed by atoms with Crippen molar-refractivity contribution in [3.63, 3.8) is 0 Å². The third-order valence-corrected chi connectivity index (χ3v) is 2.67. The molecule has 2 heterocycles. The maximum Gasteiger partial charge on any atom is 0.0967 e. The fourth-order valence-electron chi connectivity index (χ4n) is 1.95. The fraction of sp³-hybridized carbons (Fsp3) is 0.0769. The van der Waals surface area contributed by atoms with Crippen molar-refractivity contribution >= 4 is 21.8 Å². The van der Waals surface area contributed by atoms with E-state index in [-0.39, 0.29) is 0 Å². The van der Waals surface area contributed by atoms with E-state index in [4.69, 9.17) is 0 Å². The van der Waals surface area contributed by atoms with E-state index < -0.39 is 0 Å². The number of pyridine rings is 2. The van der Waals surface area contributed by atoms with Gasteiger partial charge in [-0.25, -0.2) is 0 Å². The van der Waals surface area contributed by atoms with Crippen LogP contribution in [0.4, 0.5) is 0 Å². The maximum absolute atomic E-state index is 4.41. The van der Waals surface area contributed by atoms with Gasteiger partial charge in [-0.2, -0.15) is 0 Å². The van der Waals surface area contributed by atoms with E-state index in [0.717, 1.165) is 16.4 Å². The highest BCUT2D eigenvalue weighted by Gasteiger charge is 2.03. The van der Waals surface area contributed by atoms with Gasteiger partial charge in [0, 0.05) is 23.2 Å². The first kappa shape index (κ1) is 8.36. The van der Waals surface area contributed by atoms with E-state index in [2.05, 4.69) is 29.0 Å². The molecule has 0 bridgehead atoms. The average molecular weight is 194 g/mol. The highest BCUT2D eigenvalue weighted by Crippen LogP contribution is 2.24. The van der Waals surface area contributed by atoms with Crippen molar-refractivity contribution in [3.8, 4) is 0 Å². The Morgan fingerprint density at radius 1 is 1.00 bits per heavy atom. The summed E-state index contributed by atoms with van der Waals surface area (Å²) in [6.07, 6.45) is 3.72. The Labute approximate surface area is 87.6 Å². The van der Waals surface area contributed by atoms with Crippen LogP contribution in [0.15, 0.2) is 42.7 Å². The van der Waals surface area contributed by atoms with Crippen LogP contribution in [0.5, 0.6) is 0 Å². The summed E-state index contributed by atoms with van der Waals surface area (Å²) in [4.78, 5) is 8.80. The Balaban J connectivity index is 2.64. The molecule has 0 unspecified atom stereocenters. The summed E-state index contributed by atoms with van der Waals surface area (Å²) in [5.41, 5.74) is 3.20. The lowest BCUT2D eigenvalue weighted by Crippen LogP contribution is -1.86. The second-order valence-electron chi connectivity index (χ2n) is 3.67. The van der Waals surface area contributed by atoms with Gasteiger partial charge in [-0.15, -0.1) is 0 Å². The van der Waals surface area contributed by atoms with Crippen LogP contribution in [0.1, 0.15) is 5.56 Å². The predicted octanol–water partition coefficient (Wildman–Crippen LogP) is 3.09. The van der Waals surface area contributed by atoms with Gasteiger partial charge >= 0.3 is 0 Å². The van der Waals surface area contributed by atoms with E-state index in [1.54, 1.807) is 0 Å². The van der Waals surface area contributed by atoms with Crippen molar-refractivity contribution in [3.05, 3.63) is 48.3 Å². The third-order valence-electron chi connectivity index (χ3n) is 2.67. The fourth-order valence-corrected chi connectivity index (χ4v) is 1.95. The SMILES string of the molecule is Cc1cccc2cnc3cccnc3c12. The molecule has 0 aliphatic rings. The molecule has 0 radical (unpaired) electrons. The molecule has 0 N–H and O–H groups in total. The smallest absolute Gasteiger partial charge is 0.0967 e. The molecule has 3 rings (SSSR count).